The molecule has 26 heavy (non-hydrogen) atoms. The first kappa shape index (κ1) is 17.1. The molecule has 6 aliphatic rings. The fourth-order valence-electron chi connectivity index (χ4n) is 8.63. The molecular formula is C22H33NO3. The van der Waals surface area contributed by atoms with Gasteiger partial charge in [-0.05, 0) is 72.7 Å². The molecule has 8 atom stereocenters. The van der Waals surface area contributed by atoms with E-state index in [4.69, 9.17) is 0 Å². The maximum Gasteiger partial charge on any atom is 0.0950 e. The monoisotopic (exact) mass is 359 g/mol. The highest BCUT2D eigenvalue weighted by Crippen LogP contribution is 2.73. The summed E-state index contributed by atoms with van der Waals surface area (Å²) >= 11 is 0. The van der Waals surface area contributed by atoms with E-state index in [0.717, 1.165) is 44.3 Å². The van der Waals surface area contributed by atoms with Gasteiger partial charge in [0.1, 0.15) is 0 Å². The Morgan fingerprint density at radius 3 is 2.69 bits per heavy atom. The summed E-state index contributed by atoms with van der Waals surface area (Å²) in [5.74, 6) is 1.28. The van der Waals surface area contributed by atoms with Gasteiger partial charge in [0.15, 0.2) is 0 Å². The lowest BCUT2D eigenvalue weighted by molar-refractivity contribution is -0.272. The first-order valence-corrected chi connectivity index (χ1v) is 10.5. The van der Waals surface area contributed by atoms with E-state index < -0.39 is 17.6 Å². The van der Waals surface area contributed by atoms with Gasteiger partial charge in [-0.15, -0.1) is 0 Å². The number of piperidine rings is 1. The van der Waals surface area contributed by atoms with Gasteiger partial charge < -0.3 is 20.2 Å². The number of aliphatic hydroxyl groups excluding tert-OH is 3. The van der Waals surface area contributed by atoms with Crippen LogP contribution in [-0.4, -0.2) is 45.5 Å². The second-order valence-electron chi connectivity index (χ2n) is 10.4. The van der Waals surface area contributed by atoms with Gasteiger partial charge in [0.05, 0.1) is 18.5 Å². The molecule has 1 aliphatic heterocycles. The molecule has 144 valence electrons. The fraction of sp³-hybridized carbons (Fsp3) is 0.818. The van der Waals surface area contributed by atoms with Crippen molar-refractivity contribution in [1.29, 1.82) is 0 Å². The number of likely N-dealkylation sites (tertiary alicyclic amines) is 1. The van der Waals surface area contributed by atoms with Gasteiger partial charge in [-0.1, -0.05) is 19.9 Å². The average Bonchev–Trinajstić information content (AvgIpc) is 2.60. The Morgan fingerprint density at radius 1 is 1.12 bits per heavy atom. The van der Waals surface area contributed by atoms with Crippen molar-refractivity contribution in [2.24, 2.45) is 34.0 Å². The molecule has 4 bridgehead atoms. The van der Waals surface area contributed by atoms with Gasteiger partial charge in [-0.25, -0.2) is 0 Å². The highest BCUT2D eigenvalue weighted by Gasteiger charge is 2.72. The first-order valence-electron chi connectivity index (χ1n) is 10.5. The summed E-state index contributed by atoms with van der Waals surface area (Å²) in [5.41, 5.74) is 0.900. The third-order valence-electron chi connectivity index (χ3n) is 9.52. The van der Waals surface area contributed by atoms with Gasteiger partial charge >= 0.3 is 0 Å². The molecule has 1 heterocycles. The Morgan fingerprint density at radius 2 is 1.92 bits per heavy atom. The van der Waals surface area contributed by atoms with Crippen LogP contribution in [0.1, 0.15) is 51.9 Å². The number of hydrogen-bond donors (Lipinski definition) is 3. The molecule has 0 amide bonds. The maximum atomic E-state index is 11.4. The average molecular weight is 360 g/mol. The van der Waals surface area contributed by atoms with Crippen molar-refractivity contribution in [3.8, 4) is 0 Å². The second kappa shape index (κ2) is 5.29. The third-order valence-corrected chi connectivity index (χ3v) is 9.52. The quantitative estimate of drug-likeness (QED) is 0.497. The molecule has 5 saturated carbocycles. The number of nitrogens with zero attached hydrogens (tertiary/aromatic N) is 1. The second-order valence-corrected chi connectivity index (χ2v) is 10.4. The van der Waals surface area contributed by atoms with E-state index in [-0.39, 0.29) is 10.8 Å². The largest absolute Gasteiger partial charge is 0.514 e. The molecule has 6 fully saturated rings. The minimum absolute atomic E-state index is 0.143. The van der Waals surface area contributed by atoms with Crippen molar-refractivity contribution >= 4 is 0 Å². The Labute approximate surface area is 156 Å². The van der Waals surface area contributed by atoms with Gasteiger partial charge in [0, 0.05) is 24.7 Å². The minimum atomic E-state index is -0.553. The van der Waals surface area contributed by atoms with Crippen LogP contribution in [0.25, 0.3) is 0 Å². The van der Waals surface area contributed by atoms with Crippen LogP contribution < -0.4 is 0 Å². The van der Waals surface area contributed by atoms with E-state index in [1.54, 1.807) is 0 Å². The van der Waals surface area contributed by atoms with Crippen molar-refractivity contribution in [3.05, 3.63) is 24.6 Å². The lowest BCUT2D eigenvalue weighted by atomic mass is 9.34. The summed E-state index contributed by atoms with van der Waals surface area (Å²) in [4.78, 5) is 2.31. The molecule has 6 rings (SSSR count). The molecule has 5 aliphatic carbocycles. The zero-order valence-corrected chi connectivity index (χ0v) is 15.9. The SMILES string of the molecule is C=C1C2CCC3(C(O)CC4C5(C)CCCC4(CN(C=CO)C5)C3C2)C1O. The van der Waals surface area contributed by atoms with Crippen molar-refractivity contribution in [1.82, 2.24) is 4.90 Å². The van der Waals surface area contributed by atoms with Crippen molar-refractivity contribution in [2.75, 3.05) is 13.1 Å². The summed E-state index contributed by atoms with van der Waals surface area (Å²) in [7, 11) is 0. The smallest absolute Gasteiger partial charge is 0.0950 e. The predicted octanol–water partition coefficient (Wildman–Crippen LogP) is 3.22. The number of hydrogen-bond acceptors (Lipinski definition) is 4. The Balaban J connectivity index is 1.65. The lowest BCUT2D eigenvalue weighted by Crippen LogP contribution is -2.73. The zero-order valence-electron chi connectivity index (χ0n) is 15.9. The molecule has 4 heteroatoms. The van der Waals surface area contributed by atoms with Gasteiger partial charge in [-0.3, -0.25) is 0 Å². The maximum absolute atomic E-state index is 11.4. The summed E-state index contributed by atoms with van der Waals surface area (Å²) in [6, 6.07) is 0. The van der Waals surface area contributed by atoms with E-state index in [0.29, 0.717) is 17.8 Å². The van der Waals surface area contributed by atoms with Gasteiger partial charge in [-0.2, -0.15) is 0 Å². The van der Waals surface area contributed by atoms with E-state index in [2.05, 4.69) is 18.4 Å². The van der Waals surface area contributed by atoms with Crippen LogP contribution in [0.2, 0.25) is 0 Å². The number of rotatable bonds is 1. The van der Waals surface area contributed by atoms with Gasteiger partial charge in [0.25, 0.3) is 0 Å². The molecular weight excluding hydrogens is 326 g/mol. The van der Waals surface area contributed by atoms with Crippen molar-refractivity contribution in [3.63, 3.8) is 0 Å². The molecule has 0 aromatic carbocycles. The summed E-state index contributed by atoms with van der Waals surface area (Å²) < 4.78 is 0. The molecule has 0 radical (unpaired) electrons. The fourth-order valence-corrected chi connectivity index (χ4v) is 8.63. The van der Waals surface area contributed by atoms with Crippen molar-refractivity contribution < 1.29 is 15.3 Å². The van der Waals surface area contributed by atoms with E-state index in [9.17, 15) is 15.3 Å². The predicted molar refractivity (Wildman–Crippen MR) is 100 cm³/mol. The van der Waals surface area contributed by atoms with Crippen LogP contribution in [0.3, 0.4) is 0 Å². The number of aliphatic hydroxyl groups is 3. The molecule has 8 unspecified atom stereocenters. The summed E-state index contributed by atoms with van der Waals surface area (Å²) in [5, 5.41) is 32.0. The van der Waals surface area contributed by atoms with Crippen LogP contribution >= 0.6 is 0 Å². The van der Waals surface area contributed by atoms with Crippen LogP contribution in [-0.2, 0) is 0 Å². The summed E-state index contributed by atoms with van der Waals surface area (Å²) in [6.45, 7) is 8.53. The zero-order chi connectivity index (χ0) is 18.3. The third kappa shape index (κ3) is 1.83. The molecule has 1 saturated heterocycles. The van der Waals surface area contributed by atoms with Crippen LogP contribution in [0.4, 0.5) is 0 Å². The lowest BCUT2D eigenvalue weighted by Gasteiger charge is -2.73. The van der Waals surface area contributed by atoms with E-state index >= 15 is 0 Å². The Bertz CT molecular complexity index is 662. The van der Waals surface area contributed by atoms with E-state index in [1.807, 2.05) is 6.20 Å². The van der Waals surface area contributed by atoms with E-state index in [1.165, 1.54) is 25.5 Å². The Hall–Kier alpha value is -1.00. The van der Waals surface area contributed by atoms with Crippen LogP contribution in [0, 0.1) is 34.0 Å². The molecule has 3 N–H and O–H groups in total. The standard InChI is InChI=1S/C22H33NO3/c1-14-15-4-7-22(19(14)26)17(10-15)21-6-3-5-20(2,16(21)11-18(22)25)12-23(13-21)8-9-24/h8-9,15-19,24-26H,1,3-7,10-13H2,2H3. The topological polar surface area (TPSA) is 63.9 Å². The molecule has 0 aromatic rings. The first-order chi connectivity index (χ1) is 12.4. The normalized spacial score (nSPS) is 55.7. The van der Waals surface area contributed by atoms with Crippen molar-refractivity contribution in [2.45, 2.75) is 64.1 Å². The highest BCUT2D eigenvalue weighted by molar-refractivity contribution is 5.29. The van der Waals surface area contributed by atoms with Crippen LogP contribution in [0.15, 0.2) is 24.6 Å². The Kier molecular flexibility index (Phi) is 3.48. The molecule has 1 spiro atoms. The molecule has 0 aromatic heterocycles. The summed E-state index contributed by atoms with van der Waals surface area (Å²) in [6.07, 6.45) is 9.57. The number of fused-ring (bicyclic) bond motifs is 2. The van der Waals surface area contributed by atoms with Gasteiger partial charge in [0.2, 0.25) is 0 Å². The van der Waals surface area contributed by atoms with Crippen LogP contribution in [0.5, 0.6) is 0 Å². The highest BCUT2D eigenvalue weighted by atomic mass is 16.3. The molecule has 4 nitrogen and oxygen atoms in total. The minimum Gasteiger partial charge on any atom is -0.514 e.